The monoisotopic (exact) mass is 430 g/mol. The fourth-order valence-corrected chi connectivity index (χ4v) is 3.30. The summed E-state index contributed by atoms with van der Waals surface area (Å²) in [6.07, 6.45) is 1.50. The molecule has 4 rings (SSSR count). The average Bonchev–Trinajstić information content (AvgIpc) is 3.34. The van der Waals surface area contributed by atoms with Gasteiger partial charge in [0.1, 0.15) is 11.5 Å². The molecule has 2 aromatic carbocycles. The first kappa shape index (κ1) is 20.6. The Balaban J connectivity index is 1.77. The molecule has 9 heteroatoms. The number of H-pyrrole nitrogens is 1. The van der Waals surface area contributed by atoms with Crippen molar-refractivity contribution in [1.82, 2.24) is 9.78 Å². The van der Waals surface area contributed by atoms with Crippen LogP contribution in [0.2, 0.25) is 0 Å². The van der Waals surface area contributed by atoms with Crippen LogP contribution in [0.15, 0.2) is 63.8 Å². The lowest BCUT2D eigenvalue weighted by Gasteiger charge is -2.05. The van der Waals surface area contributed by atoms with Crippen LogP contribution in [0.1, 0.15) is 21.7 Å². The van der Waals surface area contributed by atoms with Crippen LogP contribution in [0.4, 0.5) is 5.69 Å². The number of carboxylic acid groups (broad SMARTS) is 1. The Hall–Kier alpha value is -4.66. The summed E-state index contributed by atoms with van der Waals surface area (Å²) in [5, 5.41) is 25.5. The summed E-state index contributed by atoms with van der Waals surface area (Å²) in [5.41, 5.74) is 1.11. The van der Waals surface area contributed by atoms with Gasteiger partial charge in [0.2, 0.25) is 0 Å². The van der Waals surface area contributed by atoms with Crippen LogP contribution in [0.5, 0.6) is 0 Å². The molecule has 0 saturated carbocycles. The molecule has 0 radical (unpaired) electrons. The van der Waals surface area contributed by atoms with E-state index >= 15 is 0 Å². The second-order valence-corrected chi connectivity index (χ2v) is 7.09. The summed E-state index contributed by atoms with van der Waals surface area (Å²) >= 11 is 0. The van der Waals surface area contributed by atoms with Gasteiger partial charge in [-0.2, -0.15) is 0 Å². The predicted octanol–water partition coefficient (Wildman–Crippen LogP) is 1.24. The van der Waals surface area contributed by atoms with Gasteiger partial charge in [0.25, 0.3) is 11.2 Å². The topological polar surface area (TPSA) is 134 Å². The number of hydrogen-bond donors (Lipinski definition) is 1. The van der Waals surface area contributed by atoms with Crippen LogP contribution in [-0.4, -0.2) is 20.7 Å². The summed E-state index contributed by atoms with van der Waals surface area (Å²) in [6.45, 7) is 5.65. The number of nitro benzene ring substituents is 1. The minimum Gasteiger partial charge on any atom is -0.545 e. The van der Waals surface area contributed by atoms with E-state index in [0.29, 0.717) is 28.1 Å². The number of carbonyl (C=O) groups excluding carboxylic acids is 1. The predicted molar refractivity (Wildman–Crippen MR) is 115 cm³/mol. The van der Waals surface area contributed by atoms with E-state index in [1.165, 1.54) is 41.1 Å². The van der Waals surface area contributed by atoms with E-state index in [0.717, 1.165) is 5.56 Å². The molecular formula is C23H16N3O6-. The molecule has 2 aromatic heterocycles. The Kier molecular flexibility index (Phi) is 5.07. The van der Waals surface area contributed by atoms with Crippen LogP contribution in [-0.2, 0) is 0 Å². The fourth-order valence-electron chi connectivity index (χ4n) is 3.30. The summed E-state index contributed by atoms with van der Waals surface area (Å²) in [7, 11) is 0. The third-order valence-electron chi connectivity index (χ3n) is 4.96. The van der Waals surface area contributed by atoms with Crippen molar-refractivity contribution in [3.63, 3.8) is 0 Å². The maximum Gasteiger partial charge on any atom is 0.279 e. The molecule has 0 aliphatic heterocycles. The van der Waals surface area contributed by atoms with Crippen molar-refractivity contribution < 1.29 is 19.2 Å². The number of carbonyl (C=O) groups is 1. The number of rotatable bonds is 5. The molecule has 0 fully saturated rings. The van der Waals surface area contributed by atoms with E-state index < -0.39 is 16.5 Å². The van der Waals surface area contributed by atoms with Gasteiger partial charge in [-0.1, -0.05) is 24.8 Å². The van der Waals surface area contributed by atoms with Crippen LogP contribution in [0.3, 0.4) is 0 Å². The third kappa shape index (κ3) is 3.74. The molecule has 0 aliphatic rings. The van der Waals surface area contributed by atoms with E-state index in [-0.39, 0.29) is 16.5 Å². The lowest BCUT2D eigenvalue weighted by atomic mass is 10.1. The molecule has 0 amide bonds. The highest BCUT2D eigenvalue weighted by Crippen LogP contribution is 2.29. The van der Waals surface area contributed by atoms with Gasteiger partial charge in [-0.3, -0.25) is 20.0 Å². The van der Waals surface area contributed by atoms with Gasteiger partial charge in [0.15, 0.2) is 0 Å². The highest BCUT2D eigenvalue weighted by atomic mass is 16.6. The number of furan rings is 1. The number of nitrogens with zero attached hydrogens (tertiary/aromatic N) is 2. The maximum atomic E-state index is 12.9. The zero-order valence-corrected chi connectivity index (χ0v) is 16.8. The Bertz CT molecular complexity index is 1540. The van der Waals surface area contributed by atoms with Crippen molar-refractivity contribution in [2.45, 2.75) is 6.92 Å². The normalized spacial score (nSPS) is 11.6. The quantitative estimate of drug-likeness (QED) is 0.374. The van der Waals surface area contributed by atoms with Crippen LogP contribution in [0.25, 0.3) is 29.7 Å². The number of aryl methyl sites for hydroxylation is 1. The van der Waals surface area contributed by atoms with Crippen molar-refractivity contribution in [1.29, 1.82) is 0 Å². The molecular weight excluding hydrogens is 414 g/mol. The molecule has 1 N–H and O–H groups in total. The van der Waals surface area contributed by atoms with Crippen molar-refractivity contribution in [2.24, 2.45) is 0 Å². The second kappa shape index (κ2) is 7.88. The largest absolute Gasteiger partial charge is 0.545 e. The number of hydrogen-bond acceptors (Lipinski definition) is 6. The summed E-state index contributed by atoms with van der Waals surface area (Å²) in [5.74, 6) is -0.587. The molecule has 32 heavy (non-hydrogen) atoms. The zero-order chi connectivity index (χ0) is 23.0. The number of aromatic amines is 1. The first-order chi connectivity index (χ1) is 15.2. The van der Waals surface area contributed by atoms with Gasteiger partial charge < -0.3 is 14.3 Å². The minimum atomic E-state index is -1.35. The van der Waals surface area contributed by atoms with E-state index in [9.17, 15) is 24.8 Å². The maximum absolute atomic E-state index is 12.9. The molecule has 4 aromatic rings. The lowest BCUT2D eigenvalue weighted by molar-refractivity contribution is -0.384. The number of nitro groups is 1. The summed E-state index contributed by atoms with van der Waals surface area (Å²) in [6, 6.07) is 13.5. The first-order valence-corrected chi connectivity index (χ1v) is 9.43. The highest BCUT2D eigenvalue weighted by molar-refractivity contribution is 5.86. The van der Waals surface area contributed by atoms with E-state index in [1.54, 1.807) is 24.3 Å². The molecule has 2 heterocycles. The molecule has 0 saturated heterocycles. The number of aromatic nitrogens is 2. The number of aromatic carboxylic acids is 1. The van der Waals surface area contributed by atoms with Gasteiger partial charge in [-0.25, -0.2) is 4.68 Å². The van der Waals surface area contributed by atoms with E-state index in [1.807, 2.05) is 6.92 Å². The highest BCUT2D eigenvalue weighted by Gasteiger charge is 2.13. The summed E-state index contributed by atoms with van der Waals surface area (Å²) in [4.78, 5) is 34.6. The number of non-ortho nitro benzene ring substituents is 1. The molecule has 0 bridgehead atoms. The van der Waals surface area contributed by atoms with E-state index in [4.69, 9.17) is 4.42 Å². The zero-order valence-electron chi connectivity index (χ0n) is 16.8. The van der Waals surface area contributed by atoms with Crippen molar-refractivity contribution >= 4 is 24.3 Å². The molecule has 0 spiro atoms. The van der Waals surface area contributed by atoms with E-state index in [2.05, 4.69) is 11.7 Å². The van der Waals surface area contributed by atoms with Crippen molar-refractivity contribution in [3.8, 4) is 17.0 Å². The number of nitrogens with one attached hydrogen (secondary N) is 1. The molecule has 0 atom stereocenters. The molecule has 0 unspecified atom stereocenters. The average molecular weight is 430 g/mol. The molecule has 0 aliphatic carbocycles. The van der Waals surface area contributed by atoms with Gasteiger partial charge >= 0.3 is 0 Å². The SMILES string of the molecule is C=c1[nH]n(-c2cccc(C(=O)[O-])c2)c(=O)/c1=C/c1ccc(-c2cc([N+](=O)[O-])ccc2C)o1. The lowest BCUT2D eigenvalue weighted by Crippen LogP contribution is -2.34. The summed E-state index contributed by atoms with van der Waals surface area (Å²) < 4.78 is 6.99. The Morgan fingerprint density at radius 1 is 1.19 bits per heavy atom. The standard InChI is InChI=1S/C23H17N3O6/c1-13-6-7-17(26(30)31)11-19(13)21-9-8-18(32-21)12-20-14(2)24-25(22(20)27)16-5-3-4-15(10-16)23(28)29/h3-12,24H,2H2,1H3,(H,28,29)/p-1/b20-12+. The van der Waals surface area contributed by atoms with Crippen LogP contribution < -0.4 is 21.2 Å². The Morgan fingerprint density at radius 2 is 1.97 bits per heavy atom. The van der Waals surface area contributed by atoms with Crippen molar-refractivity contribution in [2.75, 3.05) is 0 Å². The minimum absolute atomic E-state index is 0.0557. The number of carboxylic acids is 1. The van der Waals surface area contributed by atoms with Crippen LogP contribution >= 0.6 is 0 Å². The van der Waals surface area contributed by atoms with Crippen LogP contribution in [0, 0.1) is 17.0 Å². The van der Waals surface area contributed by atoms with Crippen molar-refractivity contribution in [3.05, 3.63) is 103 Å². The van der Waals surface area contributed by atoms with Gasteiger partial charge in [0.05, 0.1) is 27.1 Å². The molecule has 9 nitrogen and oxygen atoms in total. The Labute approximate surface area is 180 Å². The first-order valence-electron chi connectivity index (χ1n) is 9.43. The van der Waals surface area contributed by atoms with Gasteiger partial charge in [0, 0.05) is 17.7 Å². The fraction of sp³-hybridized carbons (Fsp3) is 0.0435. The Morgan fingerprint density at radius 3 is 2.69 bits per heavy atom. The van der Waals surface area contributed by atoms with Gasteiger partial charge in [-0.05, 0) is 48.4 Å². The molecule has 160 valence electrons. The second-order valence-electron chi connectivity index (χ2n) is 7.09. The third-order valence-corrected chi connectivity index (χ3v) is 4.96. The van der Waals surface area contributed by atoms with Gasteiger partial charge in [-0.15, -0.1) is 0 Å². The smallest absolute Gasteiger partial charge is 0.279 e. The number of benzene rings is 2.